The smallest absolute Gasteiger partial charge is 0.335 e. The van der Waals surface area contributed by atoms with Crippen LogP contribution in [-0.4, -0.2) is 31.9 Å². The number of rotatable bonds is 9. The van der Waals surface area contributed by atoms with Crippen molar-refractivity contribution < 1.29 is 19.0 Å². The normalized spacial score (nSPS) is 15.1. The molecule has 0 spiro atoms. The van der Waals surface area contributed by atoms with E-state index in [1.807, 2.05) is 45.0 Å². The summed E-state index contributed by atoms with van der Waals surface area (Å²) in [5.74, 6) is -0.487. The lowest BCUT2D eigenvalue weighted by atomic mass is 9.92. The van der Waals surface area contributed by atoms with E-state index in [4.69, 9.17) is 14.2 Å². The van der Waals surface area contributed by atoms with Crippen LogP contribution in [0.4, 0.5) is 0 Å². The van der Waals surface area contributed by atoms with Gasteiger partial charge in [-0.15, -0.1) is 0 Å². The maximum Gasteiger partial charge on any atom is 0.335 e. The third-order valence-corrected chi connectivity index (χ3v) is 3.89. The van der Waals surface area contributed by atoms with Gasteiger partial charge in [-0.2, -0.15) is 0 Å². The molecule has 0 aliphatic rings. The molecule has 0 heterocycles. The summed E-state index contributed by atoms with van der Waals surface area (Å²) in [6.45, 7) is 8.92. The Kier molecular flexibility index (Phi) is 8.68. The van der Waals surface area contributed by atoms with Crippen molar-refractivity contribution in [2.45, 2.75) is 39.9 Å². The number of halogens is 1. The van der Waals surface area contributed by atoms with Gasteiger partial charge in [0.1, 0.15) is 0 Å². The third-order valence-electron chi connectivity index (χ3n) is 3.36. The molecule has 3 atom stereocenters. The van der Waals surface area contributed by atoms with Crippen molar-refractivity contribution in [2.24, 2.45) is 5.92 Å². The van der Waals surface area contributed by atoms with Crippen LogP contribution >= 0.6 is 15.9 Å². The Labute approximate surface area is 141 Å². The van der Waals surface area contributed by atoms with Crippen molar-refractivity contribution in [1.29, 1.82) is 0 Å². The first kappa shape index (κ1) is 19.1. The molecule has 0 aliphatic heterocycles. The molecule has 1 aromatic carbocycles. The van der Waals surface area contributed by atoms with Crippen LogP contribution in [0.25, 0.3) is 0 Å². The number of carbonyl (C=O) groups is 1. The largest absolute Gasteiger partial charge is 0.464 e. The van der Waals surface area contributed by atoms with Gasteiger partial charge in [0, 0.05) is 23.6 Å². The van der Waals surface area contributed by atoms with E-state index in [1.54, 1.807) is 6.92 Å². The topological polar surface area (TPSA) is 44.8 Å². The standard InChI is InChI=1S/C17H25BrO4/c1-5-20-15(13-8-10-14(18)11-9-13)12(4)16(21-6-2)17(19)22-7-3/h8-12,15-16H,5-7H2,1-4H3. The van der Waals surface area contributed by atoms with E-state index < -0.39 is 6.10 Å². The summed E-state index contributed by atoms with van der Waals surface area (Å²) in [6, 6.07) is 7.92. The number of esters is 1. The van der Waals surface area contributed by atoms with Crippen molar-refractivity contribution in [3.8, 4) is 0 Å². The van der Waals surface area contributed by atoms with E-state index in [9.17, 15) is 4.79 Å². The van der Waals surface area contributed by atoms with E-state index in [0.29, 0.717) is 19.8 Å². The summed E-state index contributed by atoms with van der Waals surface area (Å²) in [6.07, 6.45) is -0.857. The molecule has 0 amide bonds. The second-order valence-corrected chi connectivity index (χ2v) is 5.83. The number of carbonyl (C=O) groups excluding carboxylic acids is 1. The molecule has 0 saturated heterocycles. The van der Waals surface area contributed by atoms with Gasteiger partial charge in [-0.3, -0.25) is 0 Å². The molecule has 0 saturated carbocycles. The molecule has 22 heavy (non-hydrogen) atoms. The first-order chi connectivity index (χ1) is 10.5. The van der Waals surface area contributed by atoms with Crippen LogP contribution < -0.4 is 0 Å². The number of benzene rings is 1. The lowest BCUT2D eigenvalue weighted by Gasteiger charge is -2.29. The van der Waals surface area contributed by atoms with Crippen LogP contribution in [0.1, 0.15) is 39.4 Å². The minimum Gasteiger partial charge on any atom is -0.464 e. The molecule has 0 aliphatic carbocycles. The van der Waals surface area contributed by atoms with Crippen LogP contribution in [0.15, 0.2) is 28.7 Å². The van der Waals surface area contributed by atoms with Crippen molar-refractivity contribution in [2.75, 3.05) is 19.8 Å². The minimum absolute atomic E-state index is 0.153. The minimum atomic E-state index is -0.634. The molecular weight excluding hydrogens is 348 g/mol. The molecule has 0 radical (unpaired) electrons. The van der Waals surface area contributed by atoms with Gasteiger partial charge in [0.2, 0.25) is 0 Å². The monoisotopic (exact) mass is 372 g/mol. The SMILES string of the molecule is CCOC(=O)C(OCC)C(C)C(OCC)c1ccc(Br)cc1. The first-order valence-corrected chi connectivity index (χ1v) is 8.49. The van der Waals surface area contributed by atoms with Crippen molar-refractivity contribution in [3.05, 3.63) is 34.3 Å². The molecule has 1 aromatic rings. The van der Waals surface area contributed by atoms with Gasteiger partial charge in [-0.1, -0.05) is 35.0 Å². The predicted molar refractivity (Wildman–Crippen MR) is 89.7 cm³/mol. The summed E-state index contributed by atoms with van der Waals surface area (Å²) in [7, 11) is 0. The fourth-order valence-corrected chi connectivity index (χ4v) is 2.65. The molecule has 4 nitrogen and oxygen atoms in total. The highest BCUT2D eigenvalue weighted by atomic mass is 79.9. The maximum atomic E-state index is 12.2. The average Bonchev–Trinajstić information content (AvgIpc) is 2.51. The van der Waals surface area contributed by atoms with E-state index in [0.717, 1.165) is 10.0 Å². The average molecular weight is 373 g/mol. The van der Waals surface area contributed by atoms with Crippen molar-refractivity contribution in [3.63, 3.8) is 0 Å². The number of ether oxygens (including phenoxy) is 3. The van der Waals surface area contributed by atoms with E-state index in [1.165, 1.54) is 0 Å². The molecule has 0 fully saturated rings. The van der Waals surface area contributed by atoms with Gasteiger partial charge in [-0.05, 0) is 38.5 Å². The van der Waals surface area contributed by atoms with Gasteiger partial charge < -0.3 is 14.2 Å². The van der Waals surface area contributed by atoms with Crippen LogP contribution in [-0.2, 0) is 19.0 Å². The Morgan fingerprint density at radius 3 is 2.14 bits per heavy atom. The second-order valence-electron chi connectivity index (χ2n) is 4.91. The summed E-state index contributed by atoms with van der Waals surface area (Å²) >= 11 is 3.43. The summed E-state index contributed by atoms with van der Waals surface area (Å²) in [5, 5.41) is 0. The number of hydrogen-bond acceptors (Lipinski definition) is 4. The lowest BCUT2D eigenvalue weighted by molar-refractivity contribution is -0.164. The Hall–Kier alpha value is -0.910. The van der Waals surface area contributed by atoms with Gasteiger partial charge in [0.25, 0.3) is 0 Å². The van der Waals surface area contributed by atoms with Crippen molar-refractivity contribution in [1.82, 2.24) is 0 Å². The van der Waals surface area contributed by atoms with Crippen LogP contribution in [0, 0.1) is 5.92 Å². The molecule has 3 unspecified atom stereocenters. The Bertz CT molecular complexity index is 446. The van der Waals surface area contributed by atoms with E-state index in [-0.39, 0.29) is 18.0 Å². The Balaban J connectivity index is 3.00. The predicted octanol–water partition coefficient (Wildman–Crippen LogP) is 4.13. The fourth-order valence-electron chi connectivity index (χ4n) is 2.38. The molecule has 124 valence electrons. The van der Waals surface area contributed by atoms with Crippen LogP contribution in [0.3, 0.4) is 0 Å². The number of hydrogen-bond donors (Lipinski definition) is 0. The molecule has 0 bridgehead atoms. The highest BCUT2D eigenvalue weighted by Crippen LogP contribution is 2.31. The zero-order valence-electron chi connectivity index (χ0n) is 13.7. The second kappa shape index (κ2) is 9.98. The molecule has 0 aromatic heterocycles. The van der Waals surface area contributed by atoms with Crippen LogP contribution in [0.2, 0.25) is 0 Å². The zero-order valence-corrected chi connectivity index (χ0v) is 15.3. The highest BCUT2D eigenvalue weighted by molar-refractivity contribution is 9.10. The van der Waals surface area contributed by atoms with Gasteiger partial charge in [0.15, 0.2) is 6.10 Å². The third kappa shape index (κ3) is 5.38. The van der Waals surface area contributed by atoms with E-state index in [2.05, 4.69) is 15.9 Å². The molecule has 5 heteroatoms. The van der Waals surface area contributed by atoms with Gasteiger partial charge in [0.05, 0.1) is 12.7 Å². The summed E-state index contributed by atoms with van der Waals surface area (Å²) < 4.78 is 17.6. The lowest BCUT2D eigenvalue weighted by Crippen LogP contribution is -2.36. The maximum absolute atomic E-state index is 12.2. The molecule has 0 N–H and O–H groups in total. The zero-order chi connectivity index (χ0) is 16.5. The van der Waals surface area contributed by atoms with Gasteiger partial charge in [-0.25, -0.2) is 4.79 Å². The molecule has 1 rings (SSSR count). The van der Waals surface area contributed by atoms with Gasteiger partial charge >= 0.3 is 5.97 Å². The summed E-state index contributed by atoms with van der Waals surface area (Å²) in [5.41, 5.74) is 1.02. The molecular formula is C17H25BrO4. The Morgan fingerprint density at radius 1 is 1.05 bits per heavy atom. The Morgan fingerprint density at radius 2 is 1.64 bits per heavy atom. The van der Waals surface area contributed by atoms with Crippen LogP contribution in [0.5, 0.6) is 0 Å². The highest BCUT2D eigenvalue weighted by Gasteiger charge is 2.34. The van der Waals surface area contributed by atoms with E-state index >= 15 is 0 Å². The van der Waals surface area contributed by atoms with Crippen molar-refractivity contribution >= 4 is 21.9 Å². The summed E-state index contributed by atoms with van der Waals surface area (Å²) in [4.78, 5) is 12.2. The first-order valence-electron chi connectivity index (χ1n) is 7.70. The quantitative estimate of drug-likeness (QED) is 0.611. The fraction of sp³-hybridized carbons (Fsp3) is 0.588.